The van der Waals surface area contributed by atoms with Gasteiger partial charge in [-0.25, -0.2) is 4.79 Å². The summed E-state index contributed by atoms with van der Waals surface area (Å²) >= 11 is 0. The molecule has 82 valence electrons. The van der Waals surface area contributed by atoms with Gasteiger partial charge in [-0.2, -0.15) is 0 Å². The van der Waals surface area contributed by atoms with Crippen molar-refractivity contribution in [2.24, 2.45) is 11.7 Å². The Morgan fingerprint density at radius 2 is 2.00 bits per heavy atom. The summed E-state index contributed by atoms with van der Waals surface area (Å²) in [4.78, 5) is 22.0. The second-order valence-corrected chi connectivity index (χ2v) is 4.02. The first-order valence-electron chi connectivity index (χ1n) is 4.54. The third-order valence-electron chi connectivity index (χ3n) is 1.92. The van der Waals surface area contributed by atoms with Gasteiger partial charge in [0.15, 0.2) is 0 Å². The lowest BCUT2D eigenvalue weighted by Crippen LogP contribution is -2.50. The monoisotopic (exact) mass is 202 g/mol. The highest BCUT2D eigenvalue weighted by Crippen LogP contribution is 2.05. The molecule has 0 fully saturated rings. The van der Waals surface area contributed by atoms with Crippen molar-refractivity contribution in [3.05, 3.63) is 0 Å². The Morgan fingerprint density at radius 3 is 2.36 bits per heavy atom. The van der Waals surface area contributed by atoms with E-state index in [0.29, 0.717) is 6.54 Å². The minimum Gasteiger partial charge on any atom is -0.480 e. The minimum absolute atomic E-state index is 0.0691. The van der Waals surface area contributed by atoms with Gasteiger partial charge in [-0.3, -0.25) is 4.79 Å². The van der Waals surface area contributed by atoms with Crippen molar-refractivity contribution in [2.45, 2.75) is 32.7 Å². The predicted molar refractivity (Wildman–Crippen MR) is 52.7 cm³/mol. The molecule has 14 heavy (non-hydrogen) atoms. The van der Waals surface area contributed by atoms with Gasteiger partial charge >= 0.3 is 5.97 Å². The molecule has 0 aliphatic heterocycles. The van der Waals surface area contributed by atoms with Crippen LogP contribution in [0.2, 0.25) is 0 Å². The fraction of sp³-hybridized carbons (Fsp3) is 0.778. The van der Waals surface area contributed by atoms with E-state index in [9.17, 15) is 9.59 Å². The van der Waals surface area contributed by atoms with Gasteiger partial charge in [-0.15, -0.1) is 0 Å². The zero-order valence-electron chi connectivity index (χ0n) is 8.83. The molecule has 5 heteroatoms. The molecule has 0 aliphatic carbocycles. The van der Waals surface area contributed by atoms with Gasteiger partial charge in [0.1, 0.15) is 5.54 Å². The van der Waals surface area contributed by atoms with E-state index in [0.717, 1.165) is 0 Å². The van der Waals surface area contributed by atoms with Crippen LogP contribution in [0.5, 0.6) is 0 Å². The summed E-state index contributed by atoms with van der Waals surface area (Å²) in [7, 11) is 0. The van der Waals surface area contributed by atoms with Crippen molar-refractivity contribution in [1.29, 1.82) is 0 Å². The highest BCUT2D eigenvalue weighted by Gasteiger charge is 2.28. The number of amides is 1. The highest BCUT2D eigenvalue weighted by molar-refractivity contribution is 5.86. The van der Waals surface area contributed by atoms with Gasteiger partial charge < -0.3 is 16.2 Å². The summed E-state index contributed by atoms with van der Waals surface area (Å²) in [6, 6.07) is 0. The van der Waals surface area contributed by atoms with Gasteiger partial charge in [-0.1, -0.05) is 6.92 Å². The number of carbonyl (C=O) groups is 2. The number of nitrogens with one attached hydrogen (secondary N) is 1. The topological polar surface area (TPSA) is 92.4 Å². The lowest BCUT2D eigenvalue weighted by molar-refractivity contribution is -0.146. The van der Waals surface area contributed by atoms with Gasteiger partial charge in [0, 0.05) is 6.42 Å². The first-order valence-corrected chi connectivity index (χ1v) is 4.54. The molecular weight excluding hydrogens is 184 g/mol. The average molecular weight is 202 g/mol. The first-order chi connectivity index (χ1) is 6.29. The lowest BCUT2D eigenvalue weighted by atomic mass is 10.0. The van der Waals surface area contributed by atoms with Crippen LogP contribution < -0.4 is 11.1 Å². The molecule has 0 saturated heterocycles. The molecule has 1 atom stereocenters. The molecule has 5 nitrogen and oxygen atoms in total. The molecular formula is C9H18N2O3. The van der Waals surface area contributed by atoms with Crippen molar-refractivity contribution < 1.29 is 14.7 Å². The third-order valence-corrected chi connectivity index (χ3v) is 1.92. The number of carboxylic acids is 1. The average Bonchev–Trinajstić information content (AvgIpc) is 2.02. The van der Waals surface area contributed by atoms with E-state index in [1.165, 1.54) is 13.8 Å². The van der Waals surface area contributed by atoms with Crippen LogP contribution in [-0.4, -0.2) is 29.1 Å². The fourth-order valence-corrected chi connectivity index (χ4v) is 0.853. The highest BCUT2D eigenvalue weighted by atomic mass is 16.4. The number of hydrogen-bond acceptors (Lipinski definition) is 3. The minimum atomic E-state index is -1.22. The molecule has 0 aromatic rings. The molecule has 0 heterocycles. The van der Waals surface area contributed by atoms with Crippen molar-refractivity contribution >= 4 is 11.9 Å². The van der Waals surface area contributed by atoms with Crippen molar-refractivity contribution in [3.8, 4) is 0 Å². The first kappa shape index (κ1) is 12.9. The Labute approximate surface area is 83.7 Å². The van der Waals surface area contributed by atoms with Crippen LogP contribution in [0, 0.1) is 5.92 Å². The Balaban J connectivity index is 4.12. The SMILES string of the molecule is CC(CN)CC(=O)NC(C)(C)C(=O)O. The zero-order valence-corrected chi connectivity index (χ0v) is 8.83. The molecule has 1 amide bonds. The second-order valence-electron chi connectivity index (χ2n) is 4.02. The Bertz CT molecular complexity index is 226. The number of nitrogens with two attached hydrogens (primary N) is 1. The molecule has 4 N–H and O–H groups in total. The summed E-state index contributed by atoms with van der Waals surface area (Å²) in [6.07, 6.45) is 0.257. The van der Waals surface area contributed by atoms with Crippen LogP contribution >= 0.6 is 0 Å². The third kappa shape index (κ3) is 4.23. The van der Waals surface area contributed by atoms with Crippen molar-refractivity contribution in [3.63, 3.8) is 0 Å². The molecule has 0 rings (SSSR count). The van der Waals surface area contributed by atoms with E-state index in [1.54, 1.807) is 0 Å². The molecule has 0 aliphatic rings. The number of carbonyl (C=O) groups excluding carboxylic acids is 1. The Hall–Kier alpha value is -1.10. The maximum absolute atomic E-state index is 11.3. The van der Waals surface area contributed by atoms with E-state index < -0.39 is 11.5 Å². The van der Waals surface area contributed by atoms with Gasteiger partial charge in [0.05, 0.1) is 0 Å². The second kappa shape index (κ2) is 4.95. The summed E-state index contributed by atoms with van der Waals surface area (Å²) in [5, 5.41) is 11.2. The molecule has 0 spiro atoms. The van der Waals surface area contributed by atoms with Gasteiger partial charge in [-0.05, 0) is 26.3 Å². The number of aliphatic carboxylic acids is 1. The van der Waals surface area contributed by atoms with Crippen LogP contribution in [-0.2, 0) is 9.59 Å². The number of rotatable bonds is 5. The quantitative estimate of drug-likeness (QED) is 0.582. The molecule has 1 unspecified atom stereocenters. The maximum Gasteiger partial charge on any atom is 0.328 e. The van der Waals surface area contributed by atoms with E-state index in [1.807, 2.05) is 6.92 Å². The van der Waals surface area contributed by atoms with E-state index in [4.69, 9.17) is 10.8 Å². The molecule has 0 aromatic heterocycles. The van der Waals surface area contributed by atoms with E-state index in [-0.39, 0.29) is 18.2 Å². The summed E-state index contributed by atoms with van der Waals surface area (Å²) in [6.45, 7) is 5.15. The van der Waals surface area contributed by atoms with Crippen LogP contribution in [0.1, 0.15) is 27.2 Å². The van der Waals surface area contributed by atoms with Crippen molar-refractivity contribution in [1.82, 2.24) is 5.32 Å². The van der Waals surface area contributed by atoms with E-state index in [2.05, 4.69) is 5.32 Å². The summed E-state index contributed by atoms with van der Waals surface area (Å²) in [5.41, 5.74) is 4.13. The molecule has 0 bridgehead atoms. The molecule has 0 saturated carbocycles. The maximum atomic E-state index is 11.3. The molecule has 0 radical (unpaired) electrons. The number of hydrogen-bond donors (Lipinski definition) is 3. The van der Waals surface area contributed by atoms with Crippen LogP contribution in [0.15, 0.2) is 0 Å². The standard InChI is InChI=1S/C9H18N2O3/c1-6(5-10)4-7(12)11-9(2,3)8(13)14/h6H,4-5,10H2,1-3H3,(H,11,12)(H,13,14). The summed E-state index contributed by atoms with van der Waals surface area (Å²) in [5.74, 6) is -1.26. The van der Waals surface area contributed by atoms with Gasteiger partial charge in [0.25, 0.3) is 0 Å². The van der Waals surface area contributed by atoms with Crippen LogP contribution in [0.25, 0.3) is 0 Å². The predicted octanol–water partition coefficient (Wildman–Crippen LogP) is -0.0493. The van der Waals surface area contributed by atoms with E-state index >= 15 is 0 Å². The van der Waals surface area contributed by atoms with Gasteiger partial charge in [0.2, 0.25) is 5.91 Å². The summed E-state index contributed by atoms with van der Waals surface area (Å²) < 4.78 is 0. The smallest absolute Gasteiger partial charge is 0.328 e. The number of carboxylic acid groups (broad SMARTS) is 1. The van der Waals surface area contributed by atoms with Crippen molar-refractivity contribution in [2.75, 3.05) is 6.54 Å². The largest absolute Gasteiger partial charge is 0.480 e. The lowest BCUT2D eigenvalue weighted by Gasteiger charge is -2.21. The fourth-order valence-electron chi connectivity index (χ4n) is 0.853. The normalized spacial score (nSPS) is 13.4. The molecule has 0 aromatic carbocycles. The van der Waals surface area contributed by atoms with Crippen LogP contribution in [0.4, 0.5) is 0 Å². The van der Waals surface area contributed by atoms with Crippen LogP contribution in [0.3, 0.4) is 0 Å². The Kier molecular flexibility index (Phi) is 4.56. The zero-order chi connectivity index (χ0) is 11.4. The Morgan fingerprint density at radius 1 is 1.50 bits per heavy atom.